The van der Waals surface area contributed by atoms with Crippen LogP contribution in [0.4, 0.5) is 10.1 Å². The second kappa shape index (κ2) is 9.84. The molecular formula is C26H31ClFN3O3. The first-order valence-electron chi connectivity index (χ1n) is 11.6. The molecule has 1 saturated heterocycles. The van der Waals surface area contributed by atoms with Crippen molar-refractivity contribution < 1.29 is 18.7 Å². The minimum absolute atomic E-state index is 0. The maximum absolute atomic E-state index is 13.8. The second-order valence-electron chi connectivity index (χ2n) is 9.21. The van der Waals surface area contributed by atoms with E-state index in [1.807, 2.05) is 18.2 Å². The van der Waals surface area contributed by atoms with Crippen molar-refractivity contribution in [2.24, 2.45) is 13.0 Å². The number of fused-ring (bicyclic) bond motifs is 3. The molecule has 34 heavy (non-hydrogen) atoms. The molecule has 3 aliphatic heterocycles. The zero-order valence-electron chi connectivity index (χ0n) is 19.8. The SMILES string of the molecule is COc1ccc(N2Cc3c(cc4cc(F)cn(C)c3-4)C2=O)cc1OCCN1CCC(C)CC1.Cl. The number of hydrogen-bond donors (Lipinski definition) is 0. The van der Waals surface area contributed by atoms with Crippen LogP contribution in [0.15, 0.2) is 36.5 Å². The van der Waals surface area contributed by atoms with E-state index >= 15 is 0 Å². The Kier molecular flexibility index (Phi) is 7.05. The van der Waals surface area contributed by atoms with Gasteiger partial charge in [-0.3, -0.25) is 9.69 Å². The number of rotatable bonds is 6. The average Bonchev–Trinajstić information content (AvgIpc) is 3.31. The van der Waals surface area contributed by atoms with Crippen LogP contribution >= 0.6 is 12.4 Å². The van der Waals surface area contributed by atoms with Gasteiger partial charge in [0.05, 0.1) is 19.3 Å². The van der Waals surface area contributed by atoms with Crippen LogP contribution in [-0.4, -0.2) is 48.7 Å². The third-order valence-electron chi connectivity index (χ3n) is 6.94. The van der Waals surface area contributed by atoms with Gasteiger partial charge in [0.1, 0.15) is 12.4 Å². The van der Waals surface area contributed by atoms with Gasteiger partial charge < -0.3 is 18.9 Å². The molecule has 1 aromatic carbocycles. The molecule has 0 spiro atoms. The fourth-order valence-corrected chi connectivity index (χ4v) is 5.03. The smallest absolute Gasteiger partial charge is 0.259 e. The first kappa shape index (κ1) is 24.4. The van der Waals surface area contributed by atoms with Crippen LogP contribution in [0.3, 0.4) is 0 Å². The van der Waals surface area contributed by atoms with E-state index in [4.69, 9.17) is 9.47 Å². The lowest BCUT2D eigenvalue weighted by molar-refractivity contribution is 0.0996. The summed E-state index contributed by atoms with van der Waals surface area (Å²) in [4.78, 5) is 17.4. The predicted molar refractivity (Wildman–Crippen MR) is 133 cm³/mol. The topological polar surface area (TPSA) is 46.9 Å². The number of methoxy groups -OCH3 is 1. The van der Waals surface area contributed by atoms with Crippen molar-refractivity contribution in [3.8, 4) is 22.8 Å². The highest BCUT2D eigenvalue weighted by Gasteiger charge is 2.35. The van der Waals surface area contributed by atoms with E-state index in [9.17, 15) is 9.18 Å². The van der Waals surface area contributed by atoms with Crippen molar-refractivity contribution in [3.63, 3.8) is 0 Å². The molecule has 0 atom stereocenters. The van der Waals surface area contributed by atoms with E-state index in [0.717, 1.165) is 48.1 Å². The number of piperidine rings is 1. The van der Waals surface area contributed by atoms with E-state index in [1.54, 1.807) is 29.7 Å². The van der Waals surface area contributed by atoms with Crippen LogP contribution in [0.1, 0.15) is 35.7 Å². The quantitative estimate of drug-likeness (QED) is 0.492. The first-order valence-corrected chi connectivity index (χ1v) is 11.6. The number of likely N-dealkylation sites (tertiary alicyclic amines) is 1. The number of halogens is 2. The van der Waals surface area contributed by atoms with Crippen molar-refractivity contribution in [2.45, 2.75) is 26.3 Å². The Bertz CT molecular complexity index is 1160. The van der Waals surface area contributed by atoms with Crippen LogP contribution in [0.25, 0.3) is 11.3 Å². The van der Waals surface area contributed by atoms with Crippen molar-refractivity contribution in [1.29, 1.82) is 0 Å². The number of aryl methyl sites for hydroxylation is 1. The molecule has 8 heteroatoms. The van der Waals surface area contributed by atoms with E-state index in [1.165, 1.54) is 25.1 Å². The maximum atomic E-state index is 13.8. The highest BCUT2D eigenvalue weighted by atomic mass is 35.5. The maximum Gasteiger partial charge on any atom is 0.259 e. The molecule has 1 fully saturated rings. The third-order valence-corrected chi connectivity index (χ3v) is 6.94. The van der Waals surface area contributed by atoms with Crippen LogP contribution in [0.5, 0.6) is 11.5 Å². The molecule has 1 aromatic rings. The minimum atomic E-state index is -0.311. The summed E-state index contributed by atoms with van der Waals surface area (Å²) < 4.78 is 27.2. The first-order chi connectivity index (χ1) is 15.9. The number of ether oxygens (including phenoxy) is 2. The highest BCUT2D eigenvalue weighted by Crippen LogP contribution is 2.41. The van der Waals surface area contributed by atoms with Gasteiger partial charge in [0.15, 0.2) is 11.5 Å². The number of carbonyl (C=O) groups excluding carboxylic acids is 1. The minimum Gasteiger partial charge on any atom is -0.493 e. The Balaban J connectivity index is 0.00000274. The number of carbonyl (C=O) groups is 1. The number of anilines is 1. The van der Waals surface area contributed by atoms with Gasteiger partial charge in [-0.25, -0.2) is 4.39 Å². The van der Waals surface area contributed by atoms with Crippen LogP contribution in [0.2, 0.25) is 0 Å². The van der Waals surface area contributed by atoms with Gasteiger partial charge in [-0.1, -0.05) is 6.92 Å². The summed E-state index contributed by atoms with van der Waals surface area (Å²) in [6.07, 6.45) is 3.91. The fourth-order valence-electron chi connectivity index (χ4n) is 5.03. The molecule has 0 radical (unpaired) electrons. The van der Waals surface area contributed by atoms with Crippen molar-refractivity contribution in [1.82, 2.24) is 9.47 Å². The number of hydrogen-bond acceptors (Lipinski definition) is 4. The Morgan fingerprint density at radius 3 is 2.62 bits per heavy atom. The van der Waals surface area contributed by atoms with Crippen molar-refractivity contribution in [3.05, 3.63) is 53.5 Å². The molecule has 1 amide bonds. The molecule has 3 heterocycles. The van der Waals surface area contributed by atoms with Crippen molar-refractivity contribution in [2.75, 3.05) is 38.3 Å². The Morgan fingerprint density at radius 2 is 1.88 bits per heavy atom. The lowest BCUT2D eigenvalue weighted by atomic mass is 9.99. The molecule has 4 aliphatic rings. The summed E-state index contributed by atoms with van der Waals surface area (Å²) in [5, 5.41) is 0. The number of amides is 1. The third kappa shape index (κ3) is 4.46. The Labute approximate surface area is 206 Å². The molecular weight excluding hydrogens is 457 g/mol. The van der Waals surface area contributed by atoms with Gasteiger partial charge in [0, 0.05) is 48.2 Å². The molecule has 6 nitrogen and oxygen atoms in total. The predicted octanol–water partition coefficient (Wildman–Crippen LogP) is 4.97. The van der Waals surface area contributed by atoms with E-state index < -0.39 is 0 Å². The van der Waals surface area contributed by atoms with Gasteiger partial charge in [-0.2, -0.15) is 0 Å². The van der Waals surface area contributed by atoms with Gasteiger partial charge >= 0.3 is 0 Å². The summed E-state index contributed by atoms with van der Waals surface area (Å²) in [7, 11) is 3.43. The molecule has 0 aromatic heterocycles. The van der Waals surface area contributed by atoms with Gasteiger partial charge in [-0.05, 0) is 56.1 Å². The zero-order valence-corrected chi connectivity index (χ0v) is 20.7. The van der Waals surface area contributed by atoms with Gasteiger partial charge in [0.2, 0.25) is 0 Å². The van der Waals surface area contributed by atoms with Gasteiger partial charge in [0.25, 0.3) is 5.91 Å². The summed E-state index contributed by atoms with van der Waals surface area (Å²) >= 11 is 0. The second-order valence-corrected chi connectivity index (χ2v) is 9.21. The highest BCUT2D eigenvalue weighted by molar-refractivity contribution is 6.13. The van der Waals surface area contributed by atoms with E-state index in [-0.39, 0.29) is 24.1 Å². The fraction of sp³-hybridized carbons (Fsp3) is 0.423. The number of aromatic nitrogens is 1. The Hall–Kier alpha value is -2.77. The zero-order chi connectivity index (χ0) is 23.1. The van der Waals surface area contributed by atoms with Crippen LogP contribution in [0, 0.1) is 11.7 Å². The lowest BCUT2D eigenvalue weighted by Crippen LogP contribution is -2.35. The molecule has 5 rings (SSSR count). The summed E-state index contributed by atoms with van der Waals surface area (Å²) in [5.41, 5.74) is 3.96. The van der Waals surface area contributed by atoms with Crippen LogP contribution < -0.4 is 14.4 Å². The average molecular weight is 488 g/mol. The summed E-state index contributed by atoms with van der Waals surface area (Å²) in [6.45, 7) is 6.41. The number of benzene rings is 1. The van der Waals surface area contributed by atoms with E-state index in [0.29, 0.717) is 30.2 Å². The summed E-state index contributed by atoms with van der Waals surface area (Å²) in [6, 6.07) is 8.87. The van der Waals surface area contributed by atoms with E-state index in [2.05, 4.69) is 11.8 Å². The molecule has 1 aliphatic carbocycles. The molecule has 0 saturated carbocycles. The molecule has 0 unspecified atom stereocenters. The van der Waals surface area contributed by atoms with Gasteiger partial charge in [-0.15, -0.1) is 12.4 Å². The molecule has 182 valence electrons. The Morgan fingerprint density at radius 1 is 1.12 bits per heavy atom. The standard InChI is InChI=1S/C26H30FN3O3.ClH/c1-17-6-8-29(9-7-17)10-11-33-24-14-20(4-5-23(24)32-3)30-16-22-21(26(30)31)13-18-12-19(27)15-28(2)25(18)22;/h4-5,12-15,17H,6-11,16H2,1-3H3;1H. The normalized spacial score (nSPS) is 16.6. The van der Waals surface area contributed by atoms with Crippen molar-refractivity contribution >= 4 is 24.0 Å². The summed E-state index contributed by atoms with van der Waals surface area (Å²) in [5.74, 6) is 1.70. The number of pyridine rings is 1. The van der Waals surface area contributed by atoms with Crippen LogP contribution in [-0.2, 0) is 13.6 Å². The largest absolute Gasteiger partial charge is 0.493 e. The lowest BCUT2D eigenvalue weighted by Gasteiger charge is -2.30. The monoisotopic (exact) mass is 487 g/mol. The molecule has 0 N–H and O–H groups in total. The molecule has 0 bridgehead atoms. The number of nitrogens with zero attached hydrogens (tertiary/aromatic N) is 3.